The van der Waals surface area contributed by atoms with Crippen molar-refractivity contribution < 1.29 is 9.47 Å². The molecule has 2 aromatic rings. The van der Waals surface area contributed by atoms with Crippen LogP contribution in [-0.2, 0) is 6.54 Å². The Bertz CT molecular complexity index is 706. The Morgan fingerprint density at radius 3 is 2.33 bits per heavy atom. The SMILES string of the molecule is COc1ccccc1NC(N)=NCc1ccccc1OC(C)(C)C. The van der Waals surface area contributed by atoms with Crippen LogP contribution in [0.15, 0.2) is 53.5 Å². The van der Waals surface area contributed by atoms with Gasteiger partial charge in [-0.25, -0.2) is 4.99 Å². The molecule has 0 bridgehead atoms. The van der Waals surface area contributed by atoms with Crippen molar-refractivity contribution in [2.24, 2.45) is 10.7 Å². The molecule has 128 valence electrons. The van der Waals surface area contributed by atoms with Crippen LogP contribution >= 0.6 is 0 Å². The number of nitrogens with one attached hydrogen (secondary N) is 1. The summed E-state index contributed by atoms with van der Waals surface area (Å²) in [6.07, 6.45) is 0. The third-order valence-corrected chi connectivity index (χ3v) is 3.18. The van der Waals surface area contributed by atoms with Crippen LogP contribution in [0.2, 0.25) is 0 Å². The van der Waals surface area contributed by atoms with Crippen LogP contribution < -0.4 is 20.5 Å². The Labute approximate surface area is 143 Å². The normalized spacial score (nSPS) is 11.9. The summed E-state index contributed by atoms with van der Waals surface area (Å²) in [4.78, 5) is 4.40. The summed E-state index contributed by atoms with van der Waals surface area (Å²) in [7, 11) is 1.62. The topological polar surface area (TPSA) is 68.9 Å². The molecule has 0 aliphatic carbocycles. The Kier molecular flexibility index (Phi) is 5.68. The Hall–Kier alpha value is -2.69. The average Bonchev–Trinajstić information content (AvgIpc) is 2.53. The number of anilines is 1. The third kappa shape index (κ3) is 5.19. The molecular weight excluding hydrogens is 302 g/mol. The number of ether oxygens (including phenoxy) is 2. The lowest BCUT2D eigenvalue weighted by molar-refractivity contribution is 0.129. The minimum atomic E-state index is -0.263. The molecule has 0 aliphatic heterocycles. The van der Waals surface area contributed by atoms with Gasteiger partial charge in [0.2, 0.25) is 0 Å². The van der Waals surface area contributed by atoms with Crippen molar-refractivity contribution >= 4 is 11.6 Å². The zero-order valence-corrected chi connectivity index (χ0v) is 14.7. The predicted molar refractivity (Wildman–Crippen MR) is 98.8 cm³/mol. The molecule has 0 saturated carbocycles. The average molecular weight is 327 g/mol. The van der Waals surface area contributed by atoms with Crippen molar-refractivity contribution in [2.45, 2.75) is 32.9 Å². The van der Waals surface area contributed by atoms with Gasteiger partial charge in [0.15, 0.2) is 5.96 Å². The van der Waals surface area contributed by atoms with Crippen molar-refractivity contribution in [2.75, 3.05) is 12.4 Å². The number of rotatable bonds is 5. The summed E-state index contributed by atoms with van der Waals surface area (Å²) in [6, 6.07) is 15.4. The van der Waals surface area contributed by atoms with Crippen LogP contribution in [0.3, 0.4) is 0 Å². The second-order valence-electron chi connectivity index (χ2n) is 6.35. The zero-order valence-electron chi connectivity index (χ0n) is 14.7. The number of benzene rings is 2. The minimum absolute atomic E-state index is 0.263. The monoisotopic (exact) mass is 327 g/mol. The number of methoxy groups -OCH3 is 1. The van der Waals surface area contributed by atoms with E-state index in [1.54, 1.807) is 7.11 Å². The Morgan fingerprint density at radius 1 is 1.04 bits per heavy atom. The van der Waals surface area contributed by atoms with Crippen LogP contribution in [0, 0.1) is 0 Å². The van der Waals surface area contributed by atoms with Gasteiger partial charge in [-0.2, -0.15) is 0 Å². The van der Waals surface area contributed by atoms with Gasteiger partial charge in [0.1, 0.15) is 17.1 Å². The van der Waals surface area contributed by atoms with Crippen LogP contribution in [0.25, 0.3) is 0 Å². The zero-order chi connectivity index (χ0) is 17.6. The van der Waals surface area contributed by atoms with Crippen molar-refractivity contribution in [1.82, 2.24) is 0 Å². The van der Waals surface area contributed by atoms with Crippen LogP contribution in [0.5, 0.6) is 11.5 Å². The molecule has 0 heterocycles. The summed E-state index contributed by atoms with van der Waals surface area (Å²) in [5.74, 6) is 1.86. The summed E-state index contributed by atoms with van der Waals surface area (Å²) in [5.41, 5.74) is 7.50. The van der Waals surface area contributed by atoms with E-state index >= 15 is 0 Å². The fourth-order valence-electron chi connectivity index (χ4n) is 2.16. The maximum Gasteiger partial charge on any atom is 0.193 e. The molecule has 0 aliphatic rings. The first kappa shape index (κ1) is 17.7. The van der Waals surface area contributed by atoms with E-state index in [1.807, 2.05) is 69.3 Å². The molecule has 5 nitrogen and oxygen atoms in total. The first-order chi connectivity index (χ1) is 11.4. The molecule has 0 saturated heterocycles. The molecule has 0 aromatic heterocycles. The Balaban J connectivity index is 2.10. The van der Waals surface area contributed by atoms with E-state index in [4.69, 9.17) is 15.2 Å². The fourth-order valence-corrected chi connectivity index (χ4v) is 2.16. The number of aliphatic imine (C=N–C) groups is 1. The maximum atomic E-state index is 6.00. The van der Waals surface area contributed by atoms with Gasteiger partial charge in [-0.05, 0) is 39.0 Å². The fraction of sp³-hybridized carbons (Fsp3) is 0.316. The number of hydrogen-bond donors (Lipinski definition) is 2. The van der Waals surface area contributed by atoms with E-state index in [-0.39, 0.29) is 5.60 Å². The summed E-state index contributed by atoms with van der Waals surface area (Å²) in [6.45, 7) is 6.49. The highest BCUT2D eigenvalue weighted by molar-refractivity contribution is 5.93. The number of nitrogens with two attached hydrogens (primary N) is 1. The predicted octanol–water partition coefficient (Wildman–Crippen LogP) is 3.80. The Morgan fingerprint density at radius 2 is 1.67 bits per heavy atom. The second kappa shape index (κ2) is 7.73. The molecule has 0 atom stereocenters. The van der Waals surface area contributed by atoms with Crippen LogP contribution in [-0.4, -0.2) is 18.7 Å². The van der Waals surface area contributed by atoms with E-state index in [2.05, 4.69) is 10.3 Å². The standard InChI is InChI=1S/C19H25N3O2/c1-19(2,3)24-16-11-7-5-9-14(16)13-21-18(20)22-15-10-6-8-12-17(15)23-4/h5-12H,13H2,1-4H3,(H3,20,21,22). The lowest BCUT2D eigenvalue weighted by atomic mass is 10.1. The van der Waals surface area contributed by atoms with E-state index in [9.17, 15) is 0 Å². The molecule has 2 rings (SSSR count). The first-order valence-corrected chi connectivity index (χ1v) is 7.86. The van der Waals surface area contributed by atoms with Gasteiger partial charge >= 0.3 is 0 Å². The summed E-state index contributed by atoms with van der Waals surface area (Å²) < 4.78 is 11.3. The molecule has 24 heavy (non-hydrogen) atoms. The van der Waals surface area contributed by atoms with Crippen molar-refractivity contribution in [3.8, 4) is 11.5 Å². The van der Waals surface area contributed by atoms with Gasteiger partial charge in [-0.15, -0.1) is 0 Å². The van der Waals surface area contributed by atoms with Gasteiger partial charge in [0, 0.05) is 5.56 Å². The summed E-state index contributed by atoms with van der Waals surface area (Å²) in [5, 5.41) is 3.06. The van der Waals surface area contributed by atoms with E-state index in [1.165, 1.54) is 0 Å². The van der Waals surface area contributed by atoms with E-state index in [0.717, 1.165) is 17.0 Å². The molecule has 0 amide bonds. The molecule has 0 radical (unpaired) electrons. The highest BCUT2D eigenvalue weighted by Crippen LogP contribution is 2.24. The molecule has 0 unspecified atom stereocenters. The van der Waals surface area contributed by atoms with Gasteiger partial charge in [-0.1, -0.05) is 30.3 Å². The van der Waals surface area contributed by atoms with Crippen molar-refractivity contribution in [3.63, 3.8) is 0 Å². The summed E-state index contributed by atoms with van der Waals surface area (Å²) >= 11 is 0. The molecular formula is C19H25N3O2. The third-order valence-electron chi connectivity index (χ3n) is 3.18. The highest BCUT2D eigenvalue weighted by Gasteiger charge is 2.14. The number of para-hydroxylation sites is 3. The van der Waals surface area contributed by atoms with Gasteiger partial charge < -0.3 is 20.5 Å². The van der Waals surface area contributed by atoms with Crippen LogP contribution in [0.4, 0.5) is 5.69 Å². The van der Waals surface area contributed by atoms with Gasteiger partial charge in [-0.3, -0.25) is 0 Å². The lowest BCUT2D eigenvalue weighted by Gasteiger charge is -2.23. The maximum absolute atomic E-state index is 6.00. The molecule has 5 heteroatoms. The molecule has 0 spiro atoms. The smallest absolute Gasteiger partial charge is 0.193 e. The van der Waals surface area contributed by atoms with Crippen LogP contribution in [0.1, 0.15) is 26.3 Å². The minimum Gasteiger partial charge on any atom is -0.495 e. The number of guanidine groups is 1. The highest BCUT2D eigenvalue weighted by atomic mass is 16.5. The largest absolute Gasteiger partial charge is 0.495 e. The van der Waals surface area contributed by atoms with Crippen molar-refractivity contribution in [3.05, 3.63) is 54.1 Å². The quantitative estimate of drug-likeness (QED) is 0.647. The number of hydrogen-bond acceptors (Lipinski definition) is 3. The molecule has 0 fully saturated rings. The van der Waals surface area contributed by atoms with Gasteiger partial charge in [0.05, 0.1) is 19.3 Å². The van der Waals surface area contributed by atoms with Crippen molar-refractivity contribution in [1.29, 1.82) is 0 Å². The second-order valence-corrected chi connectivity index (χ2v) is 6.35. The lowest BCUT2D eigenvalue weighted by Crippen LogP contribution is -2.24. The van der Waals surface area contributed by atoms with E-state index < -0.39 is 0 Å². The van der Waals surface area contributed by atoms with E-state index in [0.29, 0.717) is 18.3 Å². The number of nitrogens with zero attached hydrogens (tertiary/aromatic N) is 1. The molecule has 2 aromatic carbocycles. The first-order valence-electron chi connectivity index (χ1n) is 7.86. The molecule has 3 N–H and O–H groups in total. The van der Waals surface area contributed by atoms with Gasteiger partial charge in [0.25, 0.3) is 0 Å².